The largest absolute Gasteiger partial charge is 0.379 e. The molecule has 100 valence electrons. The summed E-state index contributed by atoms with van der Waals surface area (Å²) in [7, 11) is 0. The lowest BCUT2D eigenvalue weighted by atomic mass is 10.1. The van der Waals surface area contributed by atoms with Gasteiger partial charge in [-0.3, -0.25) is 9.69 Å². The van der Waals surface area contributed by atoms with Gasteiger partial charge >= 0.3 is 0 Å². The predicted molar refractivity (Wildman–Crippen MR) is 71.1 cm³/mol. The summed E-state index contributed by atoms with van der Waals surface area (Å²) >= 11 is 0. The van der Waals surface area contributed by atoms with Gasteiger partial charge in [-0.1, -0.05) is 0 Å². The van der Waals surface area contributed by atoms with Crippen molar-refractivity contribution in [3.05, 3.63) is 23.0 Å². The van der Waals surface area contributed by atoms with Crippen molar-refractivity contribution in [2.45, 2.75) is 26.7 Å². The molecule has 0 amide bonds. The third kappa shape index (κ3) is 3.43. The summed E-state index contributed by atoms with van der Waals surface area (Å²) in [5.74, 6) is 0.129. The fraction of sp³-hybridized carbons (Fsp3) is 0.643. The van der Waals surface area contributed by atoms with Crippen LogP contribution in [0.2, 0.25) is 0 Å². The Hall–Kier alpha value is -1.13. The zero-order valence-electron chi connectivity index (χ0n) is 11.3. The number of morpholine rings is 1. The van der Waals surface area contributed by atoms with Crippen LogP contribution in [-0.4, -0.2) is 48.5 Å². The van der Waals surface area contributed by atoms with Gasteiger partial charge in [0.2, 0.25) is 0 Å². The molecule has 0 aromatic carbocycles. The Morgan fingerprint density at radius 2 is 2.17 bits per heavy atom. The molecule has 0 aliphatic carbocycles. The lowest BCUT2D eigenvalue weighted by Crippen LogP contribution is -2.36. The summed E-state index contributed by atoms with van der Waals surface area (Å²) < 4.78 is 5.33. The normalized spacial score (nSPS) is 17.0. The standard InChI is InChI=1S/C14H22N2O2/c1-11-10-13(14(15-11)12(2)17)4-3-5-16-6-8-18-9-7-16/h10,15H,3-9H2,1-2H3. The number of ketones is 1. The van der Waals surface area contributed by atoms with Crippen molar-refractivity contribution in [3.8, 4) is 0 Å². The number of rotatable bonds is 5. The Morgan fingerprint density at radius 1 is 1.44 bits per heavy atom. The van der Waals surface area contributed by atoms with E-state index in [4.69, 9.17) is 4.74 Å². The minimum absolute atomic E-state index is 0.129. The highest BCUT2D eigenvalue weighted by atomic mass is 16.5. The molecule has 1 N–H and O–H groups in total. The first-order valence-electron chi connectivity index (χ1n) is 6.66. The molecule has 4 nitrogen and oxygen atoms in total. The summed E-state index contributed by atoms with van der Waals surface area (Å²) in [4.78, 5) is 17.1. The Bertz CT molecular complexity index is 406. The zero-order valence-corrected chi connectivity index (χ0v) is 11.3. The monoisotopic (exact) mass is 250 g/mol. The number of nitrogens with zero attached hydrogens (tertiary/aromatic N) is 1. The van der Waals surface area contributed by atoms with Gasteiger partial charge in [-0.25, -0.2) is 0 Å². The Kier molecular flexibility index (Phi) is 4.55. The maximum absolute atomic E-state index is 11.5. The quantitative estimate of drug-likeness (QED) is 0.810. The van der Waals surface area contributed by atoms with Crippen LogP contribution in [0.1, 0.15) is 35.1 Å². The van der Waals surface area contributed by atoms with Gasteiger partial charge in [0.05, 0.1) is 18.9 Å². The van der Waals surface area contributed by atoms with Gasteiger partial charge in [0.1, 0.15) is 0 Å². The molecule has 2 heterocycles. The first-order chi connectivity index (χ1) is 8.66. The summed E-state index contributed by atoms with van der Waals surface area (Å²) in [6.07, 6.45) is 2.06. The van der Waals surface area contributed by atoms with Gasteiger partial charge in [0.15, 0.2) is 5.78 Å². The lowest BCUT2D eigenvalue weighted by molar-refractivity contribution is 0.0374. The molecule has 0 atom stereocenters. The van der Waals surface area contributed by atoms with E-state index < -0.39 is 0 Å². The summed E-state index contributed by atoms with van der Waals surface area (Å²) in [6, 6.07) is 2.09. The molecule has 0 saturated carbocycles. The molecule has 1 aromatic rings. The van der Waals surface area contributed by atoms with Gasteiger partial charge < -0.3 is 9.72 Å². The zero-order chi connectivity index (χ0) is 13.0. The van der Waals surface area contributed by atoms with E-state index in [1.165, 1.54) is 0 Å². The number of Topliss-reactive ketones (excluding diaryl/α,β-unsaturated/α-hetero) is 1. The van der Waals surface area contributed by atoms with E-state index in [9.17, 15) is 4.79 Å². The van der Waals surface area contributed by atoms with Crippen LogP contribution < -0.4 is 0 Å². The molecular weight excluding hydrogens is 228 g/mol. The van der Waals surface area contributed by atoms with Crippen LogP contribution in [0.25, 0.3) is 0 Å². The van der Waals surface area contributed by atoms with Crippen molar-refractivity contribution in [1.29, 1.82) is 0 Å². The molecule has 0 spiro atoms. The number of carbonyl (C=O) groups excluding carboxylic acids is 1. The minimum atomic E-state index is 0.129. The number of H-pyrrole nitrogens is 1. The van der Waals surface area contributed by atoms with Crippen LogP contribution in [0.4, 0.5) is 0 Å². The smallest absolute Gasteiger partial charge is 0.176 e. The number of aromatic nitrogens is 1. The first-order valence-corrected chi connectivity index (χ1v) is 6.66. The van der Waals surface area contributed by atoms with Crippen LogP contribution >= 0.6 is 0 Å². The summed E-state index contributed by atoms with van der Waals surface area (Å²) in [6.45, 7) is 8.47. The van der Waals surface area contributed by atoms with Crippen molar-refractivity contribution in [1.82, 2.24) is 9.88 Å². The molecular formula is C14H22N2O2. The molecule has 1 aliphatic rings. The van der Waals surface area contributed by atoms with Gasteiger partial charge in [-0.15, -0.1) is 0 Å². The van der Waals surface area contributed by atoms with Crippen LogP contribution in [0.3, 0.4) is 0 Å². The van der Waals surface area contributed by atoms with Crippen molar-refractivity contribution in [2.24, 2.45) is 0 Å². The average molecular weight is 250 g/mol. The van der Waals surface area contributed by atoms with Crippen molar-refractivity contribution in [2.75, 3.05) is 32.8 Å². The maximum Gasteiger partial charge on any atom is 0.176 e. The van der Waals surface area contributed by atoms with E-state index in [1.807, 2.05) is 6.92 Å². The van der Waals surface area contributed by atoms with Crippen molar-refractivity contribution >= 4 is 5.78 Å². The summed E-state index contributed by atoms with van der Waals surface area (Å²) in [5, 5.41) is 0. The predicted octanol–water partition coefficient (Wildman–Crippen LogP) is 1.79. The van der Waals surface area contributed by atoms with E-state index in [-0.39, 0.29) is 5.78 Å². The van der Waals surface area contributed by atoms with Crippen molar-refractivity contribution < 1.29 is 9.53 Å². The number of carbonyl (C=O) groups is 1. The lowest BCUT2D eigenvalue weighted by Gasteiger charge is -2.26. The molecule has 1 aliphatic heterocycles. The van der Waals surface area contributed by atoms with Crippen LogP contribution in [0, 0.1) is 6.92 Å². The number of aryl methyl sites for hydroxylation is 2. The number of hydrogen-bond acceptors (Lipinski definition) is 3. The second-order valence-corrected chi connectivity index (χ2v) is 4.97. The second-order valence-electron chi connectivity index (χ2n) is 4.97. The number of hydrogen-bond donors (Lipinski definition) is 1. The van der Waals surface area contributed by atoms with Crippen LogP contribution in [-0.2, 0) is 11.2 Å². The molecule has 0 unspecified atom stereocenters. The highest BCUT2D eigenvalue weighted by molar-refractivity contribution is 5.93. The fourth-order valence-electron chi connectivity index (χ4n) is 2.48. The third-order valence-corrected chi connectivity index (χ3v) is 3.41. The Balaban J connectivity index is 1.84. The van der Waals surface area contributed by atoms with E-state index in [1.54, 1.807) is 6.92 Å². The molecule has 2 rings (SSSR count). The topological polar surface area (TPSA) is 45.3 Å². The van der Waals surface area contributed by atoms with E-state index in [0.717, 1.165) is 62.6 Å². The number of ether oxygens (including phenoxy) is 1. The molecule has 1 aromatic heterocycles. The Labute approximate surface area is 108 Å². The maximum atomic E-state index is 11.5. The first kappa shape index (κ1) is 13.3. The number of aromatic amines is 1. The van der Waals surface area contributed by atoms with E-state index in [2.05, 4.69) is 16.0 Å². The molecule has 4 heteroatoms. The molecule has 1 fully saturated rings. The van der Waals surface area contributed by atoms with Crippen LogP contribution in [0.15, 0.2) is 6.07 Å². The summed E-state index contributed by atoms with van der Waals surface area (Å²) in [5.41, 5.74) is 3.02. The van der Waals surface area contributed by atoms with Gasteiger partial charge in [0, 0.05) is 25.7 Å². The molecule has 0 radical (unpaired) electrons. The highest BCUT2D eigenvalue weighted by Crippen LogP contribution is 2.14. The van der Waals surface area contributed by atoms with E-state index >= 15 is 0 Å². The van der Waals surface area contributed by atoms with Gasteiger partial charge in [-0.2, -0.15) is 0 Å². The van der Waals surface area contributed by atoms with Crippen LogP contribution in [0.5, 0.6) is 0 Å². The Morgan fingerprint density at radius 3 is 2.83 bits per heavy atom. The third-order valence-electron chi connectivity index (χ3n) is 3.41. The van der Waals surface area contributed by atoms with Gasteiger partial charge in [0.25, 0.3) is 0 Å². The fourth-order valence-corrected chi connectivity index (χ4v) is 2.48. The molecule has 18 heavy (non-hydrogen) atoms. The molecule has 1 saturated heterocycles. The SMILES string of the molecule is CC(=O)c1[nH]c(C)cc1CCCN1CCOCC1. The average Bonchev–Trinajstić information content (AvgIpc) is 2.72. The second kappa shape index (κ2) is 6.16. The highest BCUT2D eigenvalue weighted by Gasteiger charge is 2.12. The van der Waals surface area contributed by atoms with Crippen molar-refractivity contribution in [3.63, 3.8) is 0 Å². The minimum Gasteiger partial charge on any atom is -0.379 e. The number of nitrogens with one attached hydrogen (secondary N) is 1. The van der Waals surface area contributed by atoms with Gasteiger partial charge in [-0.05, 0) is 37.9 Å². The van der Waals surface area contributed by atoms with E-state index in [0.29, 0.717) is 0 Å². The molecule has 0 bridgehead atoms.